The summed E-state index contributed by atoms with van der Waals surface area (Å²) in [6.07, 6.45) is 1.74. The van der Waals surface area contributed by atoms with Crippen LogP contribution in [0.5, 0.6) is 0 Å². The molecule has 0 bridgehead atoms. The van der Waals surface area contributed by atoms with Crippen molar-refractivity contribution in [2.24, 2.45) is 0 Å². The monoisotopic (exact) mass is 241 g/mol. The maximum atomic E-state index is 11.8. The molecular weight excluding hydrogens is 222 g/mol. The molecule has 0 aliphatic rings. The van der Waals surface area contributed by atoms with Gasteiger partial charge in [0.15, 0.2) is 9.84 Å². The Hall–Kier alpha value is -0.870. The first kappa shape index (κ1) is 13.2. The van der Waals surface area contributed by atoms with Crippen molar-refractivity contribution in [1.29, 1.82) is 0 Å². The lowest BCUT2D eigenvalue weighted by Crippen LogP contribution is -2.19. The number of hydrogen-bond donors (Lipinski definition) is 1. The van der Waals surface area contributed by atoms with Gasteiger partial charge in [-0.25, -0.2) is 8.42 Å². The first-order valence-corrected chi connectivity index (χ1v) is 7.30. The Bertz CT molecular complexity index is 387. The van der Waals surface area contributed by atoms with Gasteiger partial charge >= 0.3 is 0 Å². The highest BCUT2D eigenvalue weighted by Gasteiger charge is 2.12. The van der Waals surface area contributed by atoms with Gasteiger partial charge in [-0.1, -0.05) is 25.1 Å². The molecule has 0 radical (unpaired) electrons. The Morgan fingerprint density at radius 2 is 1.81 bits per heavy atom. The highest BCUT2D eigenvalue weighted by molar-refractivity contribution is 7.91. The van der Waals surface area contributed by atoms with Crippen molar-refractivity contribution in [2.75, 3.05) is 18.8 Å². The summed E-state index contributed by atoms with van der Waals surface area (Å²) in [5, 5.41) is 3.19. The molecule has 0 unspecified atom stereocenters. The average molecular weight is 241 g/mol. The molecule has 0 saturated carbocycles. The van der Waals surface area contributed by atoms with Gasteiger partial charge in [-0.2, -0.15) is 0 Å². The summed E-state index contributed by atoms with van der Waals surface area (Å²) in [5.74, 6) is 0.216. The van der Waals surface area contributed by atoms with Crippen LogP contribution in [0.1, 0.15) is 19.8 Å². The second kappa shape index (κ2) is 6.66. The lowest BCUT2D eigenvalue weighted by Gasteiger charge is -2.05. The van der Waals surface area contributed by atoms with Crippen molar-refractivity contribution in [1.82, 2.24) is 5.32 Å². The summed E-state index contributed by atoms with van der Waals surface area (Å²) in [6.45, 7) is 3.80. The minimum atomic E-state index is -3.09. The standard InChI is InChI=1S/C12H19NO2S/c1-2-9-13-10-6-11-16(14,15)12-7-4-3-5-8-12/h3-5,7-8,13H,2,6,9-11H2,1H3. The Morgan fingerprint density at radius 1 is 1.12 bits per heavy atom. The summed E-state index contributed by atoms with van der Waals surface area (Å²) in [7, 11) is -3.09. The Balaban J connectivity index is 2.41. The number of hydrogen-bond acceptors (Lipinski definition) is 3. The lowest BCUT2D eigenvalue weighted by molar-refractivity contribution is 0.588. The Labute approximate surface area is 97.8 Å². The summed E-state index contributed by atoms with van der Waals surface area (Å²) in [6, 6.07) is 8.62. The Kier molecular flexibility index (Phi) is 5.49. The van der Waals surface area contributed by atoms with E-state index in [1.807, 2.05) is 6.07 Å². The van der Waals surface area contributed by atoms with E-state index in [-0.39, 0.29) is 5.75 Å². The summed E-state index contributed by atoms with van der Waals surface area (Å²) in [4.78, 5) is 0.422. The van der Waals surface area contributed by atoms with Crippen LogP contribution in [0.15, 0.2) is 35.2 Å². The predicted octanol–water partition coefficient (Wildman–Crippen LogP) is 1.85. The normalized spacial score (nSPS) is 11.6. The van der Waals surface area contributed by atoms with Crippen LogP contribution < -0.4 is 5.32 Å². The van der Waals surface area contributed by atoms with Gasteiger partial charge in [-0.3, -0.25) is 0 Å². The molecule has 4 heteroatoms. The first-order valence-electron chi connectivity index (χ1n) is 5.65. The highest BCUT2D eigenvalue weighted by Crippen LogP contribution is 2.10. The quantitative estimate of drug-likeness (QED) is 0.741. The van der Waals surface area contributed by atoms with Crippen molar-refractivity contribution in [2.45, 2.75) is 24.7 Å². The van der Waals surface area contributed by atoms with Crippen molar-refractivity contribution in [3.05, 3.63) is 30.3 Å². The second-order valence-electron chi connectivity index (χ2n) is 3.74. The lowest BCUT2D eigenvalue weighted by atomic mass is 10.4. The van der Waals surface area contributed by atoms with E-state index in [9.17, 15) is 8.42 Å². The molecule has 1 N–H and O–H groups in total. The van der Waals surface area contributed by atoms with Gasteiger partial charge < -0.3 is 5.32 Å². The van der Waals surface area contributed by atoms with E-state index in [1.165, 1.54) is 0 Å². The molecule has 0 aliphatic heterocycles. The van der Waals surface area contributed by atoms with Gasteiger partial charge in [0.05, 0.1) is 10.6 Å². The number of rotatable bonds is 7. The van der Waals surface area contributed by atoms with Crippen LogP contribution >= 0.6 is 0 Å². The minimum absolute atomic E-state index is 0.216. The van der Waals surface area contributed by atoms with Gasteiger partial charge in [0, 0.05) is 0 Å². The van der Waals surface area contributed by atoms with E-state index < -0.39 is 9.84 Å². The molecule has 1 aromatic rings. The smallest absolute Gasteiger partial charge is 0.178 e. The van der Waals surface area contributed by atoms with Crippen molar-refractivity contribution in [3.63, 3.8) is 0 Å². The topological polar surface area (TPSA) is 46.2 Å². The van der Waals surface area contributed by atoms with E-state index in [0.717, 1.165) is 19.5 Å². The number of benzene rings is 1. The molecule has 0 fully saturated rings. The zero-order valence-electron chi connectivity index (χ0n) is 9.65. The van der Waals surface area contributed by atoms with Gasteiger partial charge in [0.1, 0.15) is 0 Å². The molecule has 0 amide bonds. The molecule has 1 aromatic carbocycles. The molecule has 0 spiro atoms. The number of nitrogens with one attached hydrogen (secondary N) is 1. The maximum absolute atomic E-state index is 11.8. The Morgan fingerprint density at radius 3 is 2.44 bits per heavy atom. The van der Waals surface area contributed by atoms with Gasteiger partial charge in [-0.05, 0) is 38.1 Å². The van der Waals surface area contributed by atoms with Crippen molar-refractivity contribution >= 4 is 9.84 Å². The van der Waals surface area contributed by atoms with Crippen LogP contribution in [0, 0.1) is 0 Å². The summed E-state index contributed by atoms with van der Waals surface area (Å²) in [5.41, 5.74) is 0. The largest absolute Gasteiger partial charge is 0.317 e. The fourth-order valence-corrected chi connectivity index (χ4v) is 2.77. The average Bonchev–Trinajstić information content (AvgIpc) is 2.30. The van der Waals surface area contributed by atoms with E-state index in [0.29, 0.717) is 11.3 Å². The van der Waals surface area contributed by atoms with Crippen molar-refractivity contribution in [3.8, 4) is 0 Å². The zero-order chi connectivity index (χ0) is 11.9. The van der Waals surface area contributed by atoms with Crippen LogP contribution in [0.3, 0.4) is 0 Å². The molecule has 0 aliphatic carbocycles. The maximum Gasteiger partial charge on any atom is 0.178 e. The summed E-state index contributed by atoms with van der Waals surface area (Å²) >= 11 is 0. The third-order valence-corrected chi connectivity index (χ3v) is 4.11. The fraction of sp³-hybridized carbons (Fsp3) is 0.500. The van der Waals surface area contributed by atoms with Crippen LogP contribution in [0.4, 0.5) is 0 Å². The van der Waals surface area contributed by atoms with Crippen LogP contribution in [0.2, 0.25) is 0 Å². The molecule has 3 nitrogen and oxygen atoms in total. The molecule has 0 heterocycles. The predicted molar refractivity (Wildman–Crippen MR) is 66.3 cm³/mol. The van der Waals surface area contributed by atoms with Crippen molar-refractivity contribution < 1.29 is 8.42 Å². The molecular formula is C12H19NO2S. The van der Waals surface area contributed by atoms with Gasteiger partial charge in [0.2, 0.25) is 0 Å². The molecule has 16 heavy (non-hydrogen) atoms. The van der Waals surface area contributed by atoms with Crippen LogP contribution in [0.25, 0.3) is 0 Å². The number of sulfone groups is 1. The van der Waals surface area contributed by atoms with E-state index in [2.05, 4.69) is 12.2 Å². The third-order valence-electron chi connectivity index (χ3n) is 2.30. The first-order chi connectivity index (χ1) is 7.67. The molecule has 0 atom stereocenters. The van der Waals surface area contributed by atoms with E-state index in [1.54, 1.807) is 24.3 Å². The molecule has 1 rings (SSSR count). The summed E-state index contributed by atoms with van der Waals surface area (Å²) < 4.78 is 23.7. The van der Waals surface area contributed by atoms with Crippen LogP contribution in [-0.2, 0) is 9.84 Å². The molecule has 0 aromatic heterocycles. The SMILES string of the molecule is CCCNCCCS(=O)(=O)c1ccccc1. The molecule has 0 saturated heterocycles. The second-order valence-corrected chi connectivity index (χ2v) is 5.84. The van der Waals surface area contributed by atoms with E-state index in [4.69, 9.17) is 0 Å². The fourth-order valence-electron chi connectivity index (χ4n) is 1.43. The highest BCUT2D eigenvalue weighted by atomic mass is 32.2. The molecule has 90 valence electrons. The van der Waals surface area contributed by atoms with Gasteiger partial charge in [-0.15, -0.1) is 0 Å². The van der Waals surface area contributed by atoms with E-state index >= 15 is 0 Å². The van der Waals surface area contributed by atoms with Crippen LogP contribution in [-0.4, -0.2) is 27.3 Å². The van der Waals surface area contributed by atoms with Gasteiger partial charge in [0.25, 0.3) is 0 Å². The third kappa shape index (κ3) is 4.33. The minimum Gasteiger partial charge on any atom is -0.317 e. The zero-order valence-corrected chi connectivity index (χ0v) is 10.5.